The third-order valence-corrected chi connectivity index (χ3v) is 7.69. The fourth-order valence-electron chi connectivity index (χ4n) is 5.33. The van der Waals surface area contributed by atoms with Crippen molar-refractivity contribution in [2.75, 3.05) is 11.9 Å². The number of pyridine rings is 3. The van der Waals surface area contributed by atoms with Crippen LogP contribution in [0.3, 0.4) is 0 Å². The van der Waals surface area contributed by atoms with Crippen LogP contribution in [0.5, 0.6) is 0 Å². The maximum absolute atomic E-state index is 16.5. The Morgan fingerprint density at radius 2 is 1.90 bits per heavy atom. The van der Waals surface area contributed by atoms with Gasteiger partial charge in [0.15, 0.2) is 5.82 Å². The minimum Gasteiger partial charge on any atom is -0.337 e. The maximum Gasteiger partial charge on any atom is 0.227 e. The van der Waals surface area contributed by atoms with Crippen LogP contribution in [-0.4, -0.2) is 43.1 Å². The number of nitrogens with one attached hydrogen (secondary N) is 2. The molecule has 1 saturated carbocycles. The van der Waals surface area contributed by atoms with Gasteiger partial charge in [0.05, 0.1) is 34.4 Å². The number of hydrogen-bond donors (Lipinski definition) is 2. The number of aryl methyl sites for hydroxylation is 1. The quantitative estimate of drug-likeness (QED) is 0.285. The Kier molecular flexibility index (Phi) is 6.30. The van der Waals surface area contributed by atoms with Crippen molar-refractivity contribution in [3.05, 3.63) is 89.9 Å². The molecule has 0 saturated heterocycles. The Morgan fingerprint density at radius 1 is 1.00 bits per heavy atom. The molecule has 4 aromatic heterocycles. The second-order valence-corrected chi connectivity index (χ2v) is 10.4. The van der Waals surface area contributed by atoms with Gasteiger partial charge in [-0.1, -0.05) is 18.6 Å². The van der Waals surface area contributed by atoms with Crippen molar-refractivity contribution in [1.82, 2.24) is 24.9 Å². The van der Waals surface area contributed by atoms with E-state index in [0.717, 1.165) is 19.3 Å². The van der Waals surface area contributed by atoms with Gasteiger partial charge in [0.1, 0.15) is 22.9 Å². The molecule has 2 N–H and O–H groups in total. The van der Waals surface area contributed by atoms with Crippen molar-refractivity contribution in [3.8, 4) is 22.4 Å². The number of aromatic amines is 1. The molecule has 41 heavy (non-hydrogen) atoms. The van der Waals surface area contributed by atoms with Gasteiger partial charge in [-0.05, 0) is 49.9 Å². The Morgan fingerprint density at radius 3 is 2.73 bits per heavy atom. The number of anilines is 1. The monoisotopic (exact) mass is 549 g/mol. The summed E-state index contributed by atoms with van der Waals surface area (Å²) in [6.45, 7) is 0.483. The van der Waals surface area contributed by atoms with Crippen molar-refractivity contribution in [3.63, 3.8) is 0 Å². The molecule has 2 aliphatic rings. The topological polar surface area (TPSA) is 109 Å². The van der Waals surface area contributed by atoms with E-state index in [1.54, 1.807) is 42.9 Å². The number of fused-ring (bicyclic) bond motifs is 2. The largest absolute Gasteiger partial charge is 0.337 e. The first-order chi connectivity index (χ1) is 20.0. The van der Waals surface area contributed by atoms with E-state index >= 15 is 4.39 Å². The second-order valence-electron chi connectivity index (χ2n) is 10.4. The molecule has 0 atom stereocenters. The van der Waals surface area contributed by atoms with Gasteiger partial charge in [0.2, 0.25) is 5.91 Å². The number of H-pyrrole nitrogens is 1. The number of halogens is 2. The lowest BCUT2D eigenvalue weighted by Gasteiger charge is -2.24. The standard InChI is InChI=1S/C31H25F2N7O/c32-20-7-2-6-18(12-20)27-28-24(9-11-36-27)39-30(40-28)29-25-23(8-3-10-35-29)37-16-22(26(25)33)19-13-21(15-34-14-19)38-31(41)17-4-1-5-17/h2,6-7,9,11-17H,1,3-5,8,10H2,(H,38,41)(H,39,40). The average Bonchev–Trinajstić information content (AvgIpc) is 3.25. The van der Waals surface area contributed by atoms with Crippen molar-refractivity contribution < 1.29 is 13.6 Å². The van der Waals surface area contributed by atoms with E-state index in [1.165, 1.54) is 18.3 Å². The first-order valence-electron chi connectivity index (χ1n) is 13.6. The van der Waals surface area contributed by atoms with Gasteiger partial charge in [-0.2, -0.15) is 0 Å². The van der Waals surface area contributed by atoms with Crippen molar-refractivity contribution in [1.29, 1.82) is 0 Å². The van der Waals surface area contributed by atoms with Crippen LogP contribution in [0.2, 0.25) is 0 Å². The van der Waals surface area contributed by atoms with Crippen LogP contribution in [0.1, 0.15) is 42.8 Å². The number of nitrogens with zero attached hydrogens (tertiary/aromatic N) is 5. The first-order valence-corrected chi connectivity index (χ1v) is 13.6. The minimum absolute atomic E-state index is 0.0174. The zero-order valence-corrected chi connectivity index (χ0v) is 22.0. The van der Waals surface area contributed by atoms with E-state index in [4.69, 9.17) is 9.98 Å². The zero-order chi connectivity index (χ0) is 27.9. The summed E-state index contributed by atoms with van der Waals surface area (Å²) in [4.78, 5) is 38.6. The van der Waals surface area contributed by atoms with E-state index in [9.17, 15) is 9.18 Å². The molecule has 7 rings (SSSR count). The summed E-state index contributed by atoms with van der Waals surface area (Å²) in [6.07, 6.45) is 10.3. The van der Waals surface area contributed by atoms with Gasteiger partial charge in [-0.3, -0.25) is 24.7 Å². The van der Waals surface area contributed by atoms with Crippen LogP contribution >= 0.6 is 0 Å². The Bertz CT molecular complexity index is 1840. The fourth-order valence-corrected chi connectivity index (χ4v) is 5.33. The number of carbonyl (C=O) groups is 1. The van der Waals surface area contributed by atoms with Crippen molar-refractivity contribution in [2.24, 2.45) is 10.9 Å². The summed E-state index contributed by atoms with van der Waals surface area (Å²) < 4.78 is 30.4. The molecule has 1 aliphatic carbocycles. The van der Waals surface area contributed by atoms with E-state index in [0.29, 0.717) is 70.2 Å². The van der Waals surface area contributed by atoms with Crippen LogP contribution in [0.15, 0.2) is 66.2 Å². The number of rotatable bonds is 5. The predicted molar refractivity (Wildman–Crippen MR) is 152 cm³/mol. The van der Waals surface area contributed by atoms with Gasteiger partial charge < -0.3 is 10.3 Å². The molecule has 10 heteroatoms. The second kappa shape index (κ2) is 10.3. The van der Waals surface area contributed by atoms with E-state index < -0.39 is 5.82 Å². The molecule has 1 aromatic carbocycles. The van der Waals surface area contributed by atoms with E-state index in [2.05, 4.69) is 25.3 Å². The summed E-state index contributed by atoms with van der Waals surface area (Å²) in [5, 5.41) is 2.91. The highest BCUT2D eigenvalue weighted by Gasteiger charge is 2.27. The smallest absolute Gasteiger partial charge is 0.227 e. The summed E-state index contributed by atoms with van der Waals surface area (Å²) in [5.41, 5.74) is 4.81. The van der Waals surface area contributed by atoms with Gasteiger partial charge in [-0.25, -0.2) is 13.8 Å². The molecular weight excluding hydrogens is 524 g/mol. The molecule has 0 unspecified atom stereocenters. The lowest BCUT2D eigenvalue weighted by atomic mass is 9.85. The highest BCUT2D eigenvalue weighted by atomic mass is 19.1. The highest BCUT2D eigenvalue weighted by Crippen LogP contribution is 2.32. The predicted octanol–water partition coefficient (Wildman–Crippen LogP) is 5.88. The van der Waals surface area contributed by atoms with Crippen LogP contribution in [0.25, 0.3) is 33.4 Å². The Hall–Kier alpha value is -4.86. The third-order valence-electron chi connectivity index (χ3n) is 7.69. The number of carbonyl (C=O) groups excluding carboxylic acids is 1. The van der Waals surface area contributed by atoms with Crippen molar-refractivity contribution >= 4 is 28.3 Å². The van der Waals surface area contributed by atoms with Crippen LogP contribution in [0.4, 0.5) is 14.5 Å². The number of benzene rings is 1. The number of aromatic nitrogens is 5. The first kappa shape index (κ1) is 25.1. The average molecular weight is 550 g/mol. The normalized spacial score (nSPS) is 15.1. The summed E-state index contributed by atoms with van der Waals surface area (Å²) in [6, 6.07) is 9.65. The molecular formula is C31H25F2N7O. The lowest BCUT2D eigenvalue weighted by molar-refractivity contribution is -0.122. The molecule has 0 bridgehead atoms. The minimum atomic E-state index is -0.483. The molecule has 5 aromatic rings. The molecule has 1 amide bonds. The SMILES string of the molecule is O=C(Nc1cncc(-c2cnc3c(c2F)C(c2nc4c(-c5cccc(F)c5)nccc4[nH]2)=NCCC3)c1)C1CCC1. The van der Waals surface area contributed by atoms with Crippen molar-refractivity contribution in [2.45, 2.75) is 32.1 Å². The molecule has 0 spiro atoms. The van der Waals surface area contributed by atoms with Crippen LogP contribution in [0, 0.1) is 17.6 Å². The van der Waals surface area contributed by atoms with Gasteiger partial charge in [0, 0.05) is 47.7 Å². The van der Waals surface area contributed by atoms with Gasteiger partial charge >= 0.3 is 0 Å². The van der Waals surface area contributed by atoms with Crippen LogP contribution < -0.4 is 5.32 Å². The number of aliphatic imine (C=N–C) groups is 1. The molecule has 1 aliphatic heterocycles. The zero-order valence-electron chi connectivity index (χ0n) is 22.0. The highest BCUT2D eigenvalue weighted by molar-refractivity contribution is 6.13. The summed E-state index contributed by atoms with van der Waals surface area (Å²) in [7, 11) is 0. The molecule has 0 radical (unpaired) electrons. The maximum atomic E-state index is 16.5. The lowest BCUT2D eigenvalue weighted by Crippen LogP contribution is -2.28. The third kappa shape index (κ3) is 4.65. The van der Waals surface area contributed by atoms with Crippen LogP contribution in [-0.2, 0) is 11.2 Å². The Balaban J connectivity index is 1.30. The molecule has 1 fully saturated rings. The number of hydrogen-bond acceptors (Lipinski definition) is 6. The molecule has 8 nitrogen and oxygen atoms in total. The summed E-state index contributed by atoms with van der Waals surface area (Å²) >= 11 is 0. The molecule has 204 valence electrons. The van der Waals surface area contributed by atoms with Gasteiger partial charge in [0.25, 0.3) is 0 Å². The molecule has 5 heterocycles. The van der Waals surface area contributed by atoms with Gasteiger partial charge in [-0.15, -0.1) is 0 Å². The summed E-state index contributed by atoms with van der Waals surface area (Å²) in [5.74, 6) is -0.498. The van der Waals surface area contributed by atoms with E-state index in [-0.39, 0.29) is 28.8 Å². The Labute approximate surface area is 234 Å². The number of imidazole rings is 1. The number of amides is 1. The fraction of sp³-hybridized carbons (Fsp3) is 0.226. The van der Waals surface area contributed by atoms with E-state index in [1.807, 2.05) is 0 Å².